The minimum absolute atomic E-state index is 0.344. The van der Waals surface area contributed by atoms with E-state index < -0.39 is 24.2 Å². The summed E-state index contributed by atoms with van der Waals surface area (Å²) in [6.07, 6.45) is 14.2. The van der Waals surface area contributed by atoms with Crippen LogP contribution in [0.15, 0.2) is 0 Å². The van der Waals surface area contributed by atoms with Crippen molar-refractivity contribution in [3.05, 3.63) is 0 Å². The molecular formula is C25H48N2O6. The summed E-state index contributed by atoms with van der Waals surface area (Å²) in [6, 6.07) is -0.758. The number of nitrogens with one attached hydrogen (secondary N) is 2. The molecule has 0 bridgehead atoms. The standard InChI is InChI=1S/C25H48N2O6/c1-4-6-8-10-12-16-20-32-24(29)26-19-15-14-18-22(23(28)31-3)27-25(30)33-21-17-13-11-9-7-5-2/h22H,4-21H2,1-3H3,(H,26,29)(H,27,30). The molecular weight excluding hydrogens is 424 g/mol. The van der Waals surface area contributed by atoms with E-state index in [1.165, 1.54) is 52.1 Å². The van der Waals surface area contributed by atoms with Crippen LogP contribution in [0.5, 0.6) is 0 Å². The van der Waals surface area contributed by atoms with Crippen LogP contribution in [0.1, 0.15) is 110 Å². The molecule has 8 nitrogen and oxygen atoms in total. The van der Waals surface area contributed by atoms with Crippen LogP contribution in [0, 0.1) is 0 Å². The first-order valence-electron chi connectivity index (χ1n) is 13.0. The molecule has 0 aromatic carbocycles. The first-order valence-corrected chi connectivity index (χ1v) is 13.0. The van der Waals surface area contributed by atoms with Gasteiger partial charge in [0.15, 0.2) is 0 Å². The average Bonchev–Trinajstić information content (AvgIpc) is 2.81. The summed E-state index contributed by atoms with van der Waals surface area (Å²) in [7, 11) is 1.29. The highest BCUT2D eigenvalue weighted by molar-refractivity contribution is 5.81. The van der Waals surface area contributed by atoms with Crippen molar-refractivity contribution in [1.82, 2.24) is 10.6 Å². The summed E-state index contributed by atoms with van der Waals surface area (Å²) >= 11 is 0. The lowest BCUT2D eigenvalue weighted by Crippen LogP contribution is -2.42. The quantitative estimate of drug-likeness (QED) is 0.123. The molecule has 0 fully saturated rings. The van der Waals surface area contributed by atoms with Crippen molar-refractivity contribution in [1.29, 1.82) is 0 Å². The maximum Gasteiger partial charge on any atom is 0.407 e. The molecule has 0 radical (unpaired) electrons. The molecule has 0 heterocycles. The van der Waals surface area contributed by atoms with Gasteiger partial charge in [0.05, 0.1) is 20.3 Å². The zero-order chi connectivity index (χ0) is 24.6. The van der Waals surface area contributed by atoms with Crippen LogP contribution in [-0.2, 0) is 19.0 Å². The molecule has 0 saturated heterocycles. The van der Waals surface area contributed by atoms with Crippen molar-refractivity contribution < 1.29 is 28.6 Å². The third-order valence-electron chi connectivity index (χ3n) is 5.43. The SMILES string of the molecule is CCCCCCCCOC(=O)NCCCCC(NC(=O)OCCCCCCCC)C(=O)OC. The maximum absolute atomic E-state index is 12.0. The molecule has 0 spiro atoms. The minimum atomic E-state index is -0.758. The van der Waals surface area contributed by atoms with Gasteiger partial charge in [-0.25, -0.2) is 14.4 Å². The fourth-order valence-corrected chi connectivity index (χ4v) is 3.38. The highest BCUT2D eigenvalue weighted by atomic mass is 16.6. The van der Waals surface area contributed by atoms with E-state index >= 15 is 0 Å². The second kappa shape index (κ2) is 23.2. The number of hydrogen-bond donors (Lipinski definition) is 2. The lowest BCUT2D eigenvalue weighted by atomic mass is 10.1. The van der Waals surface area contributed by atoms with Gasteiger partial charge in [0, 0.05) is 6.54 Å². The van der Waals surface area contributed by atoms with E-state index in [4.69, 9.17) is 14.2 Å². The topological polar surface area (TPSA) is 103 Å². The Hall–Kier alpha value is -1.99. The number of amides is 2. The molecule has 0 saturated carbocycles. The number of ether oxygens (including phenoxy) is 3. The number of methoxy groups -OCH3 is 1. The molecule has 33 heavy (non-hydrogen) atoms. The fourth-order valence-electron chi connectivity index (χ4n) is 3.38. The molecule has 2 amide bonds. The van der Waals surface area contributed by atoms with E-state index in [1.54, 1.807) is 0 Å². The highest BCUT2D eigenvalue weighted by Crippen LogP contribution is 2.07. The Morgan fingerprint density at radius 2 is 1.18 bits per heavy atom. The summed E-state index contributed by atoms with van der Waals surface area (Å²) < 4.78 is 15.1. The normalized spacial score (nSPS) is 11.5. The number of rotatable bonds is 21. The van der Waals surface area contributed by atoms with Gasteiger partial charge in [0.2, 0.25) is 0 Å². The smallest absolute Gasteiger partial charge is 0.407 e. The number of esters is 1. The molecule has 0 aromatic heterocycles. The van der Waals surface area contributed by atoms with Crippen LogP contribution in [0.25, 0.3) is 0 Å². The minimum Gasteiger partial charge on any atom is -0.467 e. The Morgan fingerprint density at radius 3 is 1.73 bits per heavy atom. The van der Waals surface area contributed by atoms with Crippen LogP contribution in [-0.4, -0.2) is 51.1 Å². The van der Waals surface area contributed by atoms with Gasteiger partial charge in [-0.05, 0) is 32.1 Å². The van der Waals surface area contributed by atoms with Crippen molar-refractivity contribution in [3.8, 4) is 0 Å². The summed E-state index contributed by atoms with van der Waals surface area (Å²) in [5.74, 6) is -0.502. The molecule has 194 valence electrons. The van der Waals surface area contributed by atoms with Gasteiger partial charge in [0.1, 0.15) is 6.04 Å². The summed E-state index contributed by atoms with van der Waals surface area (Å²) in [5.41, 5.74) is 0. The zero-order valence-electron chi connectivity index (χ0n) is 21.3. The van der Waals surface area contributed by atoms with E-state index in [-0.39, 0.29) is 0 Å². The fraction of sp³-hybridized carbons (Fsp3) is 0.880. The van der Waals surface area contributed by atoms with E-state index in [0.29, 0.717) is 39.0 Å². The van der Waals surface area contributed by atoms with Gasteiger partial charge < -0.3 is 24.8 Å². The molecule has 0 aromatic rings. The Morgan fingerprint density at radius 1 is 0.667 bits per heavy atom. The predicted octanol–water partition coefficient (Wildman–Crippen LogP) is 5.87. The van der Waals surface area contributed by atoms with E-state index in [1.807, 2.05) is 0 Å². The molecule has 0 aliphatic carbocycles. The molecule has 0 aliphatic heterocycles. The summed E-state index contributed by atoms with van der Waals surface area (Å²) in [4.78, 5) is 35.6. The van der Waals surface area contributed by atoms with Gasteiger partial charge in [0.25, 0.3) is 0 Å². The number of hydrogen-bond acceptors (Lipinski definition) is 6. The van der Waals surface area contributed by atoms with Crippen molar-refractivity contribution in [2.75, 3.05) is 26.9 Å². The second-order valence-electron chi connectivity index (χ2n) is 8.45. The average molecular weight is 473 g/mol. The van der Waals surface area contributed by atoms with Crippen molar-refractivity contribution in [2.45, 2.75) is 116 Å². The first-order chi connectivity index (χ1) is 16.0. The monoisotopic (exact) mass is 472 g/mol. The zero-order valence-corrected chi connectivity index (χ0v) is 21.3. The number of unbranched alkanes of at least 4 members (excludes halogenated alkanes) is 11. The lowest BCUT2D eigenvalue weighted by Gasteiger charge is -2.16. The van der Waals surface area contributed by atoms with Crippen LogP contribution >= 0.6 is 0 Å². The molecule has 1 unspecified atom stereocenters. The third kappa shape index (κ3) is 20.4. The third-order valence-corrected chi connectivity index (χ3v) is 5.43. The van der Waals surface area contributed by atoms with E-state index in [0.717, 1.165) is 32.1 Å². The predicted molar refractivity (Wildman–Crippen MR) is 130 cm³/mol. The highest BCUT2D eigenvalue weighted by Gasteiger charge is 2.21. The van der Waals surface area contributed by atoms with E-state index in [9.17, 15) is 14.4 Å². The lowest BCUT2D eigenvalue weighted by molar-refractivity contribution is -0.143. The van der Waals surface area contributed by atoms with Gasteiger partial charge in [-0.3, -0.25) is 0 Å². The van der Waals surface area contributed by atoms with Crippen LogP contribution in [0.2, 0.25) is 0 Å². The van der Waals surface area contributed by atoms with Crippen LogP contribution in [0.3, 0.4) is 0 Å². The molecule has 2 N–H and O–H groups in total. The Bertz CT molecular complexity index is 501. The molecule has 0 rings (SSSR count). The Kier molecular flexibility index (Phi) is 21.8. The van der Waals surface area contributed by atoms with Crippen LogP contribution < -0.4 is 10.6 Å². The maximum atomic E-state index is 12.0. The summed E-state index contributed by atoms with van der Waals surface area (Å²) in [6.45, 7) is 5.59. The van der Waals surface area contributed by atoms with Gasteiger partial charge in [-0.1, -0.05) is 78.1 Å². The van der Waals surface area contributed by atoms with Crippen LogP contribution in [0.4, 0.5) is 9.59 Å². The Labute approximate surface area is 200 Å². The summed E-state index contributed by atoms with van der Waals surface area (Å²) in [5, 5.41) is 5.30. The van der Waals surface area contributed by atoms with E-state index in [2.05, 4.69) is 24.5 Å². The molecule has 8 heteroatoms. The number of carbonyl (C=O) groups excluding carboxylic acids is 3. The Balaban J connectivity index is 3.87. The first kappa shape index (κ1) is 31.0. The van der Waals surface area contributed by atoms with Gasteiger partial charge in [-0.15, -0.1) is 0 Å². The largest absolute Gasteiger partial charge is 0.467 e. The van der Waals surface area contributed by atoms with Crippen molar-refractivity contribution in [3.63, 3.8) is 0 Å². The van der Waals surface area contributed by atoms with Crippen molar-refractivity contribution >= 4 is 18.2 Å². The second-order valence-corrected chi connectivity index (χ2v) is 8.45. The van der Waals surface area contributed by atoms with Crippen molar-refractivity contribution in [2.24, 2.45) is 0 Å². The molecule has 0 aliphatic rings. The number of alkyl carbamates (subject to hydrolysis) is 2. The van der Waals surface area contributed by atoms with Gasteiger partial charge >= 0.3 is 18.2 Å². The number of carbonyl (C=O) groups is 3. The molecule has 1 atom stereocenters. The van der Waals surface area contributed by atoms with Gasteiger partial charge in [-0.2, -0.15) is 0 Å².